The van der Waals surface area contributed by atoms with Gasteiger partial charge in [0, 0.05) is 19.2 Å². The largest absolute Gasteiger partial charge is 0.338 e. The zero-order valence-electron chi connectivity index (χ0n) is 11.3. The van der Waals surface area contributed by atoms with E-state index in [1.807, 2.05) is 0 Å². The fourth-order valence-corrected chi connectivity index (χ4v) is 2.88. The van der Waals surface area contributed by atoms with E-state index in [1.165, 1.54) is 12.5 Å². The maximum Gasteiger partial charge on any atom is 0.256 e. The third kappa shape index (κ3) is 2.94. The molecule has 0 aromatic heterocycles. The highest BCUT2D eigenvalue weighted by Gasteiger charge is 2.29. The molecule has 2 nitrogen and oxygen atoms in total. The van der Waals surface area contributed by atoms with E-state index in [2.05, 4.69) is 6.92 Å². The molecule has 2 unspecified atom stereocenters. The molecule has 1 aromatic carbocycles. The number of halogens is 2. The molecule has 0 bridgehead atoms. The van der Waals surface area contributed by atoms with Crippen LogP contribution in [0.25, 0.3) is 0 Å². The van der Waals surface area contributed by atoms with E-state index in [1.54, 1.807) is 11.9 Å². The second-order valence-electron chi connectivity index (χ2n) is 5.37. The summed E-state index contributed by atoms with van der Waals surface area (Å²) in [6, 6.07) is 3.24. The van der Waals surface area contributed by atoms with Crippen LogP contribution in [0.15, 0.2) is 18.2 Å². The Kier molecular flexibility index (Phi) is 4.17. The first-order valence-electron chi connectivity index (χ1n) is 6.73. The van der Waals surface area contributed by atoms with Crippen LogP contribution in [0.4, 0.5) is 8.78 Å². The monoisotopic (exact) mass is 267 g/mol. The van der Waals surface area contributed by atoms with Gasteiger partial charge in [-0.15, -0.1) is 0 Å². The molecule has 1 amide bonds. The van der Waals surface area contributed by atoms with Gasteiger partial charge in [0.2, 0.25) is 0 Å². The lowest BCUT2D eigenvalue weighted by Gasteiger charge is -2.36. The van der Waals surface area contributed by atoms with Gasteiger partial charge in [0.05, 0.1) is 5.56 Å². The first-order valence-corrected chi connectivity index (χ1v) is 6.73. The second-order valence-corrected chi connectivity index (χ2v) is 5.37. The highest BCUT2D eigenvalue weighted by Crippen LogP contribution is 2.28. The minimum absolute atomic E-state index is 0.0540. The van der Waals surface area contributed by atoms with Crippen LogP contribution in [0, 0.1) is 17.6 Å². The van der Waals surface area contributed by atoms with Gasteiger partial charge in [0.1, 0.15) is 11.6 Å². The summed E-state index contributed by atoms with van der Waals surface area (Å²) in [4.78, 5) is 13.9. The molecule has 0 radical (unpaired) electrons. The second kappa shape index (κ2) is 5.68. The fourth-order valence-electron chi connectivity index (χ4n) is 2.88. The molecule has 0 N–H and O–H groups in total. The Hall–Kier alpha value is -1.45. The lowest BCUT2D eigenvalue weighted by molar-refractivity contribution is 0.0624. The number of amides is 1. The quantitative estimate of drug-likeness (QED) is 0.801. The minimum atomic E-state index is -0.791. The predicted molar refractivity (Wildman–Crippen MR) is 69.9 cm³/mol. The molecule has 1 aliphatic carbocycles. The van der Waals surface area contributed by atoms with Crippen molar-refractivity contribution < 1.29 is 13.6 Å². The van der Waals surface area contributed by atoms with Gasteiger partial charge < -0.3 is 4.90 Å². The van der Waals surface area contributed by atoms with Crippen molar-refractivity contribution in [3.63, 3.8) is 0 Å². The third-order valence-corrected chi connectivity index (χ3v) is 4.05. The Balaban J connectivity index is 2.18. The molecular formula is C15H19F2NO. The lowest BCUT2D eigenvalue weighted by Crippen LogP contribution is -2.42. The summed E-state index contributed by atoms with van der Waals surface area (Å²) in [7, 11) is 1.71. The topological polar surface area (TPSA) is 20.3 Å². The third-order valence-electron chi connectivity index (χ3n) is 4.05. The van der Waals surface area contributed by atoms with Gasteiger partial charge in [-0.3, -0.25) is 4.79 Å². The first kappa shape index (κ1) is 14.0. The number of carbonyl (C=O) groups excluding carboxylic acids is 1. The molecule has 0 heterocycles. The van der Waals surface area contributed by atoms with Crippen molar-refractivity contribution >= 4 is 5.91 Å². The highest BCUT2D eigenvalue weighted by molar-refractivity contribution is 5.94. The highest BCUT2D eigenvalue weighted by atomic mass is 19.1. The molecule has 2 rings (SSSR count). The van der Waals surface area contributed by atoms with E-state index < -0.39 is 11.6 Å². The smallest absolute Gasteiger partial charge is 0.256 e. The van der Waals surface area contributed by atoms with E-state index in [0.717, 1.165) is 31.4 Å². The average Bonchev–Trinajstić information content (AvgIpc) is 2.38. The Morgan fingerprint density at radius 1 is 1.26 bits per heavy atom. The molecule has 19 heavy (non-hydrogen) atoms. The number of hydrogen-bond donors (Lipinski definition) is 0. The van der Waals surface area contributed by atoms with Gasteiger partial charge in [-0.2, -0.15) is 0 Å². The van der Waals surface area contributed by atoms with Gasteiger partial charge in [0.15, 0.2) is 0 Å². The van der Waals surface area contributed by atoms with Crippen LogP contribution < -0.4 is 0 Å². The zero-order valence-corrected chi connectivity index (χ0v) is 11.3. The van der Waals surface area contributed by atoms with Crippen molar-refractivity contribution in [2.45, 2.75) is 38.6 Å². The van der Waals surface area contributed by atoms with Crippen molar-refractivity contribution in [2.24, 2.45) is 5.92 Å². The van der Waals surface area contributed by atoms with Crippen LogP contribution in [-0.4, -0.2) is 23.9 Å². The van der Waals surface area contributed by atoms with E-state index in [4.69, 9.17) is 0 Å². The molecule has 104 valence electrons. The number of hydrogen-bond acceptors (Lipinski definition) is 1. The van der Waals surface area contributed by atoms with Crippen molar-refractivity contribution in [1.29, 1.82) is 0 Å². The van der Waals surface area contributed by atoms with Gasteiger partial charge in [-0.1, -0.05) is 19.8 Å². The molecule has 0 spiro atoms. The predicted octanol–water partition coefficient (Wildman–Crippen LogP) is 3.62. The van der Waals surface area contributed by atoms with Crippen molar-refractivity contribution in [1.82, 2.24) is 4.90 Å². The summed E-state index contributed by atoms with van der Waals surface area (Å²) in [5, 5.41) is 0. The Morgan fingerprint density at radius 2 is 1.95 bits per heavy atom. The van der Waals surface area contributed by atoms with Gasteiger partial charge in [-0.25, -0.2) is 8.78 Å². The van der Waals surface area contributed by atoms with Crippen molar-refractivity contribution in [3.8, 4) is 0 Å². The Labute approximate surface area is 112 Å². The minimum Gasteiger partial charge on any atom is -0.338 e. The maximum absolute atomic E-state index is 13.6. The number of carbonyl (C=O) groups is 1. The van der Waals surface area contributed by atoms with Crippen LogP contribution in [-0.2, 0) is 0 Å². The standard InChI is InChI=1S/C15H19F2NO/c1-10-5-3-4-6-14(10)18(2)15(19)12-8-7-11(16)9-13(12)17/h7-10,14H,3-6H2,1-2H3. The number of benzene rings is 1. The molecule has 0 saturated heterocycles. The molecule has 1 aliphatic rings. The van der Waals surface area contributed by atoms with Crippen molar-refractivity contribution in [2.75, 3.05) is 7.05 Å². The van der Waals surface area contributed by atoms with E-state index in [9.17, 15) is 13.6 Å². The van der Waals surface area contributed by atoms with E-state index in [0.29, 0.717) is 5.92 Å². The maximum atomic E-state index is 13.6. The first-order chi connectivity index (χ1) is 9.00. The summed E-state index contributed by atoms with van der Waals surface area (Å²) < 4.78 is 26.5. The molecule has 2 atom stereocenters. The molecular weight excluding hydrogens is 248 g/mol. The van der Waals surface area contributed by atoms with Crippen LogP contribution in [0.5, 0.6) is 0 Å². The molecule has 1 fully saturated rings. The van der Waals surface area contributed by atoms with Gasteiger partial charge >= 0.3 is 0 Å². The zero-order chi connectivity index (χ0) is 14.0. The molecule has 1 saturated carbocycles. The van der Waals surface area contributed by atoms with Crippen LogP contribution >= 0.6 is 0 Å². The normalized spacial score (nSPS) is 23.2. The lowest BCUT2D eigenvalue weighted by atomic mass is 9.85. The number of rotatable bonds is 2. The Morgan fingerprint density at radius 3 is 2.58 bits per heavy atom. The van der Waals surface area contributed by atoms with Crippen LogP contribution in [0.1, 0.15) is 43.0 Å². The summed E-state index contributed by atoms with van der Waals surface area (Å²) in [6.07, 6.45) is 4.32. The van der Waals surface area contributed by atoms with E-state index in [-0.39, 0.29) is 17.5 Å². The molecule has 1 aromatic rings. The molecule has 4 heteroatoms. The number of nitrogens with zero attached hydrogens (tertiary/aromatic N) is 1. The summed E-state index contributed by atoms with van der Waals surface area (Å²) in [5.41, 5.74) is -0.0540. The molecule has 0 aliphatic heterocycles. The van der Waals surface area contributed by atoms with Crippen molar-refractivity contribution in [3.05, 3.63) is 35.4 Å². The summed E-state index contributed by atoms with van der Waals surface area (Å²) in [5.74, 6) is -1.40. The van der Waals surface area contributed by atoms with Crippen LogP contribution in [0.3, 0.4) is 0 Å². The fraction of sp³-hybridized carbons (Fsp3) is 0.533. The van der Waals surface area contributed by atoms with Gasteiger partial charge in [-0.05, 0) is 30.9 Å². The SMILES string of the molecule is CC1CCCCC1N(C)C(=O)c1ccc(F)cc1F. The summed E-state index contributed by atoms with van der Waals surface area (Å²) >= 11 is 0. The average molecular weight is 267 g/mol. The van der Waals surface area contributed by atoms with Gasteiger partial charge in [0.25, 0.3) is 5.91 Å². The summed E-state index contributed by atoms with van der Waals surface area (Å²) in [6.45, 7) is 2.12. The van der Waals surface area contributed by atoms with Crippen LogP contribution in [0.2, 0.25) is 0 Å². The Bertz CT molecular complexity index is 475. The van der Waals surface area contributed by atoms with E-state index >= 15 is 0 Å².